The number of nitrogens with one attached hydrogen (secondary N) is 1. The molecule has 3 rings (SSSR count). The van der Waals surface area contributed by atoms with Gasteiger partial charge in [-0.05, 0) is 43.9 Å². The zero-order chi connectivity index (χ0) is 16.9. The average Bonchev–Trinajstić information content (AvgIpc) is 3.23. The largest absolute Gasteiger partial charge is 0.480 e. The maximum Gasteiger partial charge on any atom is 0.320 e. The van der Waals surface area contributed by atoms with Gasteiger partial charge in [-0.25, -0.2) is 0 Å². The van der Waals surface area contributed by atoms with Crippen LogP contribution in [0.3, 0.4) is 0 Å². The van der Waals surface area contributed by atoms with Crippen LogP contribution in [0.1, 0.15) is 19.3 Å². The van der Waals surface area contributed by atoms with Crippen LogP contribution in [0.2, 0.25) is 0 Å². The minimum absolute atomic E-state index is 0.0682. The standard InChI is InChI=1S/C18H25N3O3/c22-17(13-21-9-4-7-16(21)18(23)24)19-11-14-8-10-20(12-14)15-5-2-1-3-6-15/h1-3,5-6,14,16H,4,7-13H2,(H,19,22)(H,23,24). The Morgan fingerprint density at radius 2 is 1.96 bits per heavy atom. The summed E-state index contributed by atoms with van der Waals surface area (Å²) in [6, 6.07) is 9.82. The van der Waals surface area contributed by atoms with Crippen molar-refractivity contribution in [1.29, 1.82) is 0 Å². The fraction of sp³-hybridized carbons (Fsp3) is 0.556. The van der Waals surface area contributed by atoms with Gasteiger partial charge in [-0.15, -0.1) is 0 Å². The van der Waals surface area contributed by atoms with E-state index >= 15 is 0 Å². The smallest absolute Gasteiger partial charge is 0.320 e. The van der Waals surface area contributed by atoms with Crippen LogP contribution in [0, 0.1) is 5.92 Å². The van der Waals surface area contributed by atoms with Crippen molar-refractivity contribution in [3.05, 3.63) is 30.3 Å². The van der Waals surface area contributed by atoms with E-state index in [1.54, 1.807) is 4.90 Å². The average molecular weight is 331 g/mol. The van der Waals surface area contributed by atoms with E-state index in [9.17, 15) is 9.59 Å². The lowest BCUT2D eigenvalue weighted by Gasteiger charge is -2.21. The van der Waals surface area contributed by atoms with Gasteiger partial charge in [0, 0.05) is 25.3 Å². The summed E-state index contributed by atoms with van der Waals surface area (Å²) in [6.07, 6.45) is 2.55. The first-order valence-corrected chi connectivity index (χ1v) is 8.67. The molecule has 2 atom stereocenters. The number of hydrogen-bond donors (Lipinski definition) is 2. The second-order valence-electron chi connectivity index (χ2n) is 6.71. The Balaban J connectivity index is 1.42. The summed E-state index contributed by atoms with van der Waals surface area (Å²) in [6.45, 7) is 3.50. The van der Waals surface area contributed by atoms with Crippen molar-refractivity contribution < 1.29 is 14.7 Å². The molecule has 6 heteroatoms. The number of amides is 1. The molecule has 2 fully saturated rings. The Kier molecular flexibility index (Phi) is 5.35. The lowest BCUT2D eigenvalue weighted by Crippen LogP contribution is -2.44. The van der Waals surface area contributed by atoms with E-state index in [0.717, 1.165) is 25.9 Å². The van der Waals surface area contributed by atoms with Crippen LogP contribution in [0.5, 0.6) is 0 Å². The number of likely N-dealkylation sites (tertiary alicyclic amines) is 1. The Labute approximate surface area is 142 Å². The topological polar surface area (TPSA) is 72.9 Å². The molecule has 0 spiro atoms. The molecule has 6 nitrogen and oxygen atoms in total. The van der Waals surface area contributed by atoms with Gasteiger partial charge < -0.3 is 15.3 Å². The highest BCUT2D eigenvalue weighted by Crippen LogP contribution is 2.23. The fourth-order valence-corrected chi connectivity index (χ4v) is 3.67. The molecule has 2 aliphatic heterocycles. The minimum atomic E-state index is -0.824. The van der Waals surface area contributed by atoms with Crippen LogP contribution in [0.4, 0.5) is 5.69 Å². The van der Waals surface area contributed by atoms with Crippen molar-refractivity contribution >= 4 is 17.6 Å². The Hall–Kier alpha value is -2.08. The highest BCUT2D eigenvalue weighted by molar-refractivity contribution is 5.80. The molecule has 2 aliphatic rings. The van der Waals surface area contributed by atoms with Crippen LogP contribution in [-0.2, 0) is 9.59 Å². The predicted molar refractivity (Wildman–Crippen MR) is 92.0 cm³/mol. The van der Waals surface area contributed by atoms with E-state index in [1.165, 1.54) is 5.69 Å². The van der Waals surface area contributed by atoms with E-state index in [2.05, 4.69) is 22.3 Å². The molecule has 0 bridgehead atoms. The molecule has 130 valence electrons. The van der Waals surface area contributed by atoms with E-state index in [0.29, 0.717) is 25.4 Å². The third-order valence-electron chi connectivity index (χ3n) is 4.99. The van der Waals surface area contributed by atoms with Gasteiger partial charge in [0.1, 0.15) is 6.04 Å². The quantitative estimate of drug-likeness (QED) is 0.819. The summed E-state index contributed by atoms with van der Waals surface area (Å²) in [4.78, 5) is 27.4. The number of carboxylic acid groups (broad SMARTS) is 1. The molecule has 0 radical (unpaired) electrons. The summed E-state index contributed by atoms with van der Waals surface area (Å²) >= 11 is 0. The van der Waals surface area contributed by atoms with Crippen molar-refractivity contribution in [2.24, 2.45) is 5.92 Å². The number of carbonyl (C=O) groups excluding carboxylic acids is 1. The number of para-hydroxylation sites is 1. The molecule has 2 heterocycles. The maximum atomic E-state index is 12.1. The molecule has 1 aromatic carbocycles. The highest BCUT2D eigenvalue weighted by atomic mass is 16.4. The molecule has 0 aliphatic carbocycles. The molecule has 24 heavy (non-hydrogen) atoms. The highest BCUT2D eigenvalue weighted by Gasteiger charge is 2.31. The number of anilines is 1. The molecule has 2 N–H and O–H groups in total. The number of rotatable bonds is 6. The zero-order valence-corrected chi connectivity index (χ0v) is 13.9. The van der Waals surface area contributed by atoms with Crippen LogP contribution in [-0.4, -0.2) is 60.6 Å². The lowest BCUT2D eigenvalue weighted by molar-refractivity contribution is -0.142. The van der Waals surface area contributed by atoms with Crippen LogP contribution in [0.25, 0.3) is 0 Å². The summed E-state index contributed by atoms with van der Waals surface area (Å²) in [5.74, 6) is -0.445. The molecular formula is C18H25N3O3. The van der Waals surface area contributed by atoms with Gasteiger partial charge in [0.15, 0.2) is 0 Å². The number of carbonyl (C=O) groups is 2. The normalized spacial score (nSPS) is 24.2. The third-order valence-corrected chi connectivity index (χ3v) is 4.99. The second-order valence-corrected chi connectivity index (χ2v) is 6.71. The number of hydrogen-bond acceptors (Lipinski definition) is 4. The predicted octanol–water partition coefficient (Wildman–Crippen LogP) is 1.18. The van der Waals surface area contributed by atoms with Crippen LogP contribution < -0.4 is 10.2 Å². The van der Waals surface area contributed by atoms with Gasteiger partial charge in [-0.2, -0.15) is 0 Å². The SMILES string of the molecule is O=C(CN1CCCC1C(=O)O)NCC1CCN(c2ccccc2)C1. The summed E-state index contributed by atoms with van der Waals surface area (Å²) in [5, 5.41) is 12.1. The Morgan fingerprint density at radius 3 is 2.71 bits per heavy atom. The first kappa shape index (κ1) is 16.8. The van der Waals surface area contributed by atoms with Gasteiger partial charge in [-0.1, -0.05) is 18.2 Å². The molecule has 0 saturated carbocycles. The second kappa shape index (κ2) is 7.66. The molecular weight excluding hydrogens is 306 g/mol. The van der Waals surface area contributed by atoms with Crippen LogP contribution in [0.15, 0.2) is 30.3 Å². The Bertz CT molecular complexity index is 578. The summed E-state index contributed by atoms with van der Waals surface area (Å²) in [5.41, 5.74) is 1.23. The fourth-order valence-electron chi connectivity index (χ4n) is 3.67. The number of nitrogens with zero attached hydrogens (tertiary/aromatic N) is 2. The van der Waals surface area contributed by atoms with E-state index in [-0.39, 0.29) is 12.5 Å². The van der Waals surface area contributed by atoms with Gasteiger partial charge in [0.25, 0.3) is 0 Å². The van der Waals surface area contributed by atoms with Gasteiger partial charge >= 0.3 is 5.97 Å². The van der Waals surface area contributed by atoms with E-state index in [4.69, 9.17) is 5.11 Å². The van der Waals surface area contributed by atoms with Gasteiger partial charge in [0.05, 0.1) is 6.54 Å². The summed E-state index contributed by atoms with van der Waals surface area (Å²) < 4.78 is 0. The van der Waals surface area contributed by atoms with Gasteiger partial charge in [0.2, 0.25) is 5.91 Å². The van der Waals surface area contributed by atoms with E-state index < -0.39 is 12.0 Å². The van der Waals surface area contributed by atoms with Crippen molar-refractivity contribution in [1.82, 2.24) is 10.2 Å². The molecule has 2 saturated heterocycles. The maximum absolute atomic E-state index is 12.1. The number of benzene rings is 1. The molecule has 2 unspecified atom stereocenters. The van der Waals surface area contributed by atoms with Crippen molar-refractivity contribution in [3.63, 3.8) is 0 Å². The zero-order valence-electron chi connectivity index (χ0n) is 13.9. The minimum Gasteiger partial charge on any atom is -0.480 e. The Morgan fingerprint density at radius 1 is 1.17 bits per heavy atom. The number of carboxylic acids is 1. The van der Waals surface area contributed by atoms with Crippen molar-refractivity contribution in [2.45, 2.75) is 25.3 Å². The monoisotopic (exact) mass is 331 g/mol. The van der Waals surface area contributed by atoms with Crippen molar-refractivity contribution in [3.8, 4) is 0 Å². The molecule has 1 aromatic rings. The third kappa shape index (κ3) is 4.06. The van der Waals surface area contributed by atoms with Crippen LogP contribution >= 0.6 is 0 Å². The first-order valence-electron chi connectivity index (χ1n) is 8.67. The van der Waals surface area contributed by atoms with Gasteiger partial charge in [-0.3, -0.25) is 14.5 Å². The lowest BCUT2D eigenvalue weighted by atomic mass is 10.1. The van der Waals surface area contributed by atoms with E-state index in [1.807, 2.05) is 18.2 Å². The summed E-state index contributed by atoms with van der Waals surface area (Å²) in [7, 11) is 0. The number of aliphatic carboxylic acids is 1. The first-order chi connectivity index (χ1) is 11.6. The van der Waals surface area contributed by atoms with Crippen molar-refractivity contribution in [2.75, 3.05) is 37.6 Å². The molecule has 0 aromatic heterocycles. The molecule has 1 amide bonds.